The quantitative estimate of drug-likeness (QED) is 0.903. The first-order valence-electron chi connectivity index (χ1n) is 8.25. The summed E-state index contributed by atoms with van der Waals surface area (Å²) in [7, 11) is 0. The van der Waals surface area contributed by atoms with Crippen LogP contribution in [-0.2, 0) is 4.79 Å². The van der Waals surface area contributed by atoms with E-state index in [2.05, 4.69) is 5.16 Å². The van der Waals surface area contributed by atoms with Crippen LogP contribution in [0, 0.1) is 0 Å². The average molecular weight is 363 g/mol. The molecule has 134 valence electrons. The zero-order valence-corrected chi connectivity index (χ0v) is 15.1. The van der Waals surface area contributed by atoms with Gasteiger partial charge < -0.3 is 19.4 Å². The predicted octanol–water partition coefficient (Wildman–Crippen LogP) is 2.15. The van der Waals surface area contributed by atoms with Gasteiger partial charge >= 0.3 is 0 Å². The molecule has 1 aliphatic heterocycles. The Kier molecular flexibility index (Phi) is 5.19. The lowest BCUT2D eigenvalue weighted by Crippen LogP contribution is -2.37. The summed E-state index contributed by atoms with van der Waals surface area (Å²) < 4.78 is 5.28. The molecule has 0 spiro atoms. The van der Waals surface area contributed by atoms with E-state index in [-0.39, 0.29) is 17.6 Å². The number of nitrogens with zero attached hydrogens (tertiary/aromatic N) is 3. The number of hydrogen-bond donors (Lipinski definition) is 1. The molecule has 1 atom stereocenters. The van der Waals surface area contributed by atoms with E-state index in [0.717, 1.165) is 11.3 Å². The van der Waals surface area contributed by atoms with Crippen LogP contribution in [0.1, 0.15) is 42.5 Å². The lowest BCUT2D eigenvalue weighted by molar-refractivity contribution is -0.128. The molecule has 2 aromatic rings. The van der Waals surface area contributed by atoms with Crippen molar-refractivity contribution in [2.24, 2.45) is 0 Å². The van der Waals surface area contributed by atoms with E-state index >= 15 is 0 Å². The first kappa shape index (κ1) is 17.6. The molecule has 2 aromatic heterocycles. The minimum absolute atomic E-state index is 0.0169. The third kappa shape index (κ3) is 3.59. The molecule has 0 saturated carbocycles. The molecular formula is C17H21N3O4S. The van der Waals surface area contributed by atoms with Crippen LogP contribution < -0.4 is 0 Å². The van der Waals surface area contributed by atoms with E-state index in [9.17, 15) is 14.7 Å². The average Bonchev–Trinajstić information content (AvgIpc) is 3.17. The van der Waals surface area contributed by atoms with E-state index in [4.69, 9.17) is 4.52 Å². The van der Waals surface area contributed by atoms with Gasteiger partial charge in [-0.1, -0.05) is 11.2 Å². The molecule has 25 heavy (non-hydrogen) atoms. The van der Waals surface area contributed by atoms with Crippen molar-refractivity contribution in [3.8, 4) is 10.6 Å². The van der Waals surface area contributed by atoms with Crippen molar-refractivity contribution < 1.29 is 19.2 Å². The predicted molar refractivity (Wildman–Crippen MR) is 93.2 cm³/mol. The highest BCUT2D eigenvalue weighted by Gasteiger charge is 2.31. The molecule has 0 aromatic carbocycles. The standard InChI is InChI=1S/C17H21N3O4S/c1-11(21)16-14(15(18-24-16)13-5-3-10-25-13)17(23)20-7-4-6-19(8-9-20)12(2)22/h3,5,10-11,21H,4,6-9H2,1-2H3/t11-/m0/s1. The minimum atomic E-state index is -0.930. The highest BCUT2D eigenvalue weighted by molar-refractivity contribution is 7.13. The number of hydrogen-bond acceptors (Lipinski definition) is 6. The molecule has 0 unspecified atom stereocenters. The van der Waals surface area contributed by atoms with Crippen LogP contribution >= 0.6 is 11.3 Å². The number of thiophene rings is 1. The van der Waals surface area contributed by atoms with Gasteiger partial charge in [-0.05, 0) is 24.8 Å². The number of aromatic nitrogens is 1. The Labute approximate surface area is 149 Å². The molecule has 0 bridgehead atoms. The van der Waals surface area contributed by atoms with Gasteiger partial charge in [-0.15, -0.1) is 11.3 Å². The third-order valence-electron chi connectivity index (χ3n) is 4.29. The van der Waals surface area contributed by atoms with Crippen molar-refractivity contribution in [1.29, 1.82) is 0 Å². The lowest BCUT2D eigenvalue weighted by atomic mass is 10.1. The molecule has 1 fully saturated rings. The molecular weight excluding hydrogens is 342 g/mol. The molecule has 8 heteroatoms. The SMILES string of the molecule is CC(=O)N1CCCN(C(=O)c2c(-c3cccs3)noc2[C@H](C)O)CC1. The fourth-order valence-electron chi connectivity index (χ4n) is 2.97. The summed E-state index contributed by atoms with van der Waals surface area (Å²) in [6, 6.07) is 3.74. The lowest BCUT2D eigenvalue weighted by Gasteiger charge is -2.21. The fraction of sp³-hybridized carbons (Fsp3) is 0.471. The molecule has 0 aliphatic carbocycles. The molecule has 3 heterocycles. The summed E-state index contributed by atoms with van der Waals surface area (Å²) in [5.41, 5.74) is 0.775. The molecule has 3 rings (SSSR count). The van der Waals surface area contributed by atoms with Crippen LogP contribution in [0.25, 0.3) is 10.6 Å². The summed E-state index contributed by atoms with van der Waals surface area (Å²) in [4.78, 5) is 29.0. The van der Waals surface area contributed by atoms with E-state index in [1.165, 1.54) is 18.3 Å². The van der Waals surface area contributed by atoms with Crippen LogP contribution in [0.4, 0.5) is 0 Å². The summed E-state index contributed by atoms with van der Waals surface area (Å²) in [6.45, 7) is 5.24. The van der Waals surface area contributed by atoms with Gasteiger partial charge in [-0.2, -0.15) is 0 Å². The summed E-state index contributed by atoms with van der Waals surface area (Å²) in [6.07, 6.45) is -0.213. The number of aliphatic hydroxyl groups excluding tert-OH is 1. The number of carbonyl (C=O) groups is 2. The molecule has 0 radical (unpaired) electrons. The Morgan fingerprint density at radius 2 is 2.00 bits per heavy atom. The Morgan fingerprint density at radius 1 is 1.28 bits per heavy atom. The van der Waals surface area contributed by atoms with Gasteiger partial charge in [0, 0.05) is 33.1 Å². The monoisotopic (exact) mass is 363 g/mol. The Bertz CT molecular complexity index is 754. The van der Waals surface area contributed by atoms with E-state index in [0.29, 0.717) is 37.4 Å². The maximum Gasteiger partial charge on any atom is 0.259 e. The van der Waals surface area contributed by atoms with Crippen molar-refractivity contribution >= 4 is 23.2 Å². The maximum absolute atomic E-state index is 13.1. The van der Waals surface area contributed by atoms with E-state index < -0.39 is 6.10 Å². The highest BCUT2D eigenvalue weighted by Crippen LogP contribution is 2.32. The Balaban J connectivity index is 1.91. The van der Waals surface area contributed by atoms with Crippen molar-refractivity contribution in [2.45, 2.75) is 26.4 Å². The van der Waals surface area contributed by atoms with Crippen LogP contribution in [0.5, 0.6) is 0 Å². The third-order valence-corrected chi connectivity index (χ3v) is 5.17. The molecule has 1 N–H and O–H groups in total. The second-order valence-electron chi connectivity index (χ2n) is 6.08. The van der Waals surface area contributed by atoms with E-state index in [1.54, 1.807) is 16.7 Å². The zero-order valence-electron chi connectivity index (χ0n) is 14.3. The smallest absolute Gasteiger partial charge is 0.259 e. The number of carbonyl (C=O) groups excluding carboxylic acids is 2. The molecule has 7 nitrogen and oxygen atoms in total. The van der Waals surface area contributed by atoms with Crippen molar-refractivity contribution in [1.82, 2.24) is 15.0 Å². The minimum Gasteiger partial charge on any atom is -0.385 e. The summed E-state index contributed by atoms with van der Waals surface area (Å²) >= 11 is 1.46. The largest absolute Gasteiger partial charge is 0.385 e. The molecule has 2 amide bonds. The number of aliphatic hydroxyl groups is 1. The van der Waals surface area contributed by atoms with Crippen LogP contribution in [0.15, 0.2) is 22.0 Å². The van der Waals surface area contributed by atoms with Crippen LogP contribution in [0.2, 0.25) is 0 Å². The van der Waals surface area contributed by atoms with Crippen LogP contribution in [-0.4, -0.2) is 58.1 Å². The van der Waals surface area contributed by atoms with E-state index in [1.807, 2.05) is 17.5 Å². The van der Waals surface area contributed by atoms with Gasteiger partial charge in [-0.3, -0.25) is 9.59 Å². The fourth-order valence-corrected chi connectivity index (χ4v) is 3.68. The maximum atomic E-state index is 13.1. The highest BCUT2D eigenvalue weighted by atomic mass is 32.1. The van der Waals surface area contributed by atoms with Crippen molar-refractivity contribution in [2.75, 3.05) is 26.2 Å². The molecule has 1 aliphatic rings. The second-order valence-corrected chi connectivity index (χ2v) is 7.02. The van der Waals surface area contributed by atoms with Gasteiger partial charge in [0.05, 0.1) is 4.88 Å². The molecule has 1 saturated heterocycles. The normalized spacial score (nSPS) is 16.6. The van der Waals surface area contributed by atoms with Gasteiger partial charge in [-0.25, -0.2) is 0 Å². The second kappa shape index (κ2) is 7.37. The van der Waals surface area contributed by atoms with Gasteiger partial charge in [0.2, 0.25) is 5.91 Å². The summed E-state index contributed by atoms with van der Waals surface area (Å²) in [5, 5.41) is 15.9. The first-order valence-corrected chi connectivity index (χ1v) is 9.13. The zero-order chi connectivity index (χ0) is 18.0. The van der Waals surface area contributed by atoms with Gasteiger partial charge in [0.25, 0.3) is 5.91 Å². The van der Waals surface area contributed by atoms with Crippen molar-refractivity contribution in [3.63, 3.8) is 0 Å². The van der Waals surface area contributed by atoms with Crippen LogP contribution in [0.3, 0.4) is 0 Å². The topological polar surface area (TPSA) is 86.9 Å². The van der Waals surface area contributed by atoms with Gasteiger partial charge in [0.1, 0.15) is 17.4 Å². The summed E-state index contributed by atoms with van der Waals surface area (Å²) in [5.74, 6) is -0.0183. The van der Waals surface area contributed by atoms with Crippen molar-refractivity contribution in [3.05, 3.63) is 28.8 Å². The number of amides is 2. The van der Waals surface area contributed by atoms with Gasteiger partial charge in [0.15, 0.2) is 5.76 Å². The number of rotatable bonds is 3. The Hall–Kier alpha value is -2.19. The first-order chi connectivity index (χ1) is 12.0. The Morgan fingerprint density at radius 3 is 2.64 bits per heavy atom.